The number of hydrogen-bond acceptors (Lipinski definition) is 4. The SMILES string of the molecule is Cc1cc([C@@H](NC(=O)[C@@H]2C[C@@H](F)CN2C(=O)Cc2cnn[nH]2)c2ccccc2)ccc1C(C)C. The molecule has 2 heterocycles. The predicted molar refractivity (Wildman–Crippen MR) is 127 cm³/mol. The second-order valence-corrected chi connectivity index (χ2v) is 9.18. The van der Waals surface area contributed by atoms with Crippen molar-refractivity contribution in [2.24, 2.45) is 0 Å². The monoisotopic (exact) mass is 463 g/mol. The fraction of sp³-hybridized carbons (Fsp3) is 0.385. The Morgan fingerprint density at radius 3 is 2.59 bits per heavy atom. The first kappa shape index (κ1) is 23.6. The molecule has 1 aliphatic heterocycles. The van der Waals surface area contributed by atoms with Gasteiger partial charge < -0.3 is 10.2 Å². The van der Waals surface area contributed by atoms with Crippen molar-refractivity contribution in [3.05, 3.63) is 82.7 Å². The van der Waals surface area contributed by atoms with Crippen LogP contribution in [0.25, 0.3) is 0 Å². The van der Waals surface area contributed by atoms with Crippen LogP contribution < -0.4 is 5.32 Å². The third kappa shape index (κ3) is 5.16. The molecule has 1 aliphatic rings. The van der Waals surface area contributed by atoms with Crippen LogP contribution in [0, 0.1) is 6.92 Å². The number of likely N-dealkylation sites (tertiary alicyclic amines) is 1. The lowest BCUT2D eigenvalue weighted by Gasteiger charge is -2.27. The summed E-state index contributed by atoms with van der Waals surface area (Å²) in [6.07, 6.45) is 0.167. The largest absolute Gasteiger partial charge is 0.343 e. The maximum Gasteiger partial charge on any atom is 0.243 e. The molecule has 0 spiro atoms. The smallest absolute Gasteiger partial charge is 0.243 e. The van der Waals surface area contributed by atoms with Gasteiger partial charge in [-0.15, -0.1) is 5.10 Å². The van der Waals surface area contributed by atoms with Gasteiger partial charge in [-0.3, -0.25) is 14.7 Å². The summed E-state index contributed by atoms with van der Waals surface area (Å²) in [6.45, 7) is 6.27. The minimum atomic E-state index is -1.25. The molecule has 8 heteroatoms. The Balaban J connectivity index is 1.59. The fourth-order valence-corrected chi connectivity index (χ4v) is 4.65. The number of nitrogens with zero attached hydrogens (tertiary/aromatic N) is 3. The Bertz CT molecular complexity index is 1130. The number of H-pyrrole nitrogens is 1. The van der Waals surface area contributed by atoms with Crippen molar-refractivity contribution in [1.29, 1.82) is 0 Å². The number of aromatic amines is 1. The van der Waals surface area contributed by atoms with Gasteiger partial charge in [0.15, 0.2) is 0 Å². The lowest BCUT2D eigenvalue weighted by atomic mass is 9.91. The number of benzene rings is 2. The molecule has 0 aliphatic carbocycles. The molecular weight excluding hydrogens is 433 g/mol. The number of aromatic nitrogens is 3. The highest BCUT2D eigenvalue weighted by molar-refractivity contribution is 5.89. The molecule has 3 atom stereocenters. The van der Waals surface area contributed by atoms with Crippen LogP contribution in [0.15, 0.2) is 54.7 Å². The Morgan fingerprint density at radius 2 is 1.94 bits per heavy atom. The van der Waals surface area contributed by atoms with Crippen LogP contribution in [0.5, 0.6) is 0 Å². The molecular formula is C26H30FN5O2. The summed E-state index contributed by atoms with van der Waals surface area (Å²) in [6, 6.07) is 14.6. The van der Waals surface area contributed by atoms with Crippen LogP contribution in [-0.2, 0) is 16.0 Å². The molecule has 2 N–H and O–H groups in total. The summed E-state index contributed by atoms with van der Waals surface area (Å²) in [5.41, 5.74) is 4.79. The van der Waals surface area contributed by atoms with Gasteiger partial charge in [0, 0.05) is 6.42 Å². The van der Waals surface area contributed by atoms with Gasteiger partial charge in [0.1, 0.15) is 12.2 Å². The molecule has 0 unspecified atom stereocenters. The van der Waals surface area contributed by atoms with Gasteiger partial charge in [-0.25, -0.2) is 4.39 Å². The number of halogens is 1. The molecule has 7 nitrogen and oxygen atoms in total. The lowest BCUT2D eigenvalue weighted by molar-refractivity contribution is -0.138. The molecule has 1 fully saturated rings. The Kier molecular flexibility index (Phi) is 7.05. The van der Waals surface area contributed by atoms with Crippen LogP contribution in [0.3, 0.4) is 0 Å². The van der Waals surface area contributed by atoms with Gasteiger partial charge in [0.2, 0.25) is 11.8 Å². The first-order chi connectivity index (χ1) is 16.3. The van der Waals surface area contributed by atoms with Crippen molar-refractivity contribution in [2.45, 2.75) is 57.8 Å². The summed E-state index contributed by atoms with van der Waals surface area (Å²) < 4.78 is 14.4. The Labute approximate surface area is 198 Å². The van der Waals surface area contributed by atoms with Crippen molar-refractivity contribution >= 4 is 11.8 Å². The van der Waals surface area contributed by atoms with Crippen LogP contribution >= 0.6 is 0 Å². The van der Waals surface area contributed by atoms with Gasteiger partial charge in [0.05, 0.1) is 30.9 Å². The number of carbonyl (C=O) groups excluding carboxylic acids is 2. The van der Waals surface area contributed by atoms with E-state index in [1.165, 1.54) is 16.7 Å². The molecule has 0 saturated carbocycles. The third-order valence-electron chi connectivity index (χ3n) is 6.35. The fourth-order valence-electron chi connectivity index (χ4n) is 4.65. The third-order valence-corrected chi connectivity index (χ3v) is 6.35. The number of nitrogens with one attached hydrogen (secondary N) is 2. The normalized spacial score (nSPS) is 18.8. The van der Waals surface area contributed by atoms with E-state index in [9.17, 15) is 14.0 Å². The van der Waals surface area contributed by atoms with E-state index in [0.717, 1.165) is 16.7 Å². The standard InChI is InChI=1S/C26H30FN5O2/c1-16(2)22-10-9-19(11-17(22)3)25(18-7-5-4-6-8-18)29-26(34)23-12-20(27)15-32(23)24(33)13-21-14-28-31-30-21/h4-11,14,16,20,23,25H,12-13,15H2,1-3H3,(H,29,34)(H,28,30,31)/t20-,23+,25+/m1/s1. The van der Waals surface area contributed by atoms with E-state index in [1.54, 1.807) is 0 Å². The number of hydrogen-bond donors (Lipinski definition) is 2. The molecule has 2 aromatic carbocycles. The second kappa shape index (κ2) is 10.2. The highest BCUT2D eigenvalue weighted by Crippen LogP contribution is 2.28. The summed E-state index contributed by atoms with van der Waals surface area (Å²) in [5, 5.41) is 13.0. The maximum atomic E-state index is 14.4. The minimum absolute atomic E-state index is 0.0124. The first-order valence-corrected chi connectivity index (χ1v) is 11.6. The number of alkyl halides is 1. The quantitative estimate of drug-likeness (QED) is 0.560. The van der Waals surface area contributed by atoms with Gasteiger partial charge in [-0.2, -0.15) is 0 Å². The zero-order chi connectivity index (χ0) is 24.2. The summed E-state index contributed by atoms with van der Waals surface area (Å²) in [4.78, 5) is 27.6. The van der Waals surface area contributed by atoms with Crippen LogP contribution in [-0.4, -0.2) is 50.9 Å². The average Bonchev–Trinajstić information content (AvgIpc) is 3.47. The molecule has 0 bridgehead atoms. The summed E-state index contributed by atoms with van der Waals surface area (Å²) >= 11 is 0. The zero-order valence-electron chi connectivity index (χ0n) is 19.7. The molecule has 4 rings (SSSR count). The molecule has 3 aromatic rings. The second-order valence-electron chi connectivity index (χ2n) is 9.18. The van der Waals surface area contributed by atoms with Gasteiger partial charge in [0.25, 0.3) is 0 Å². The van der Waals surface area contributed by atoms with Crippen molar-refractivity contribution < 1.29 is 14.0 Å². The molecule has 1 aromatic heterocycles. The number of aryl methyl sites for hydroxylation is 1. The summed E-state index contributed by atoms with van der Waals surface area (Å²) in [7, 11) is 0. The van der Waals surface area contributed by atoms with Gasteiger partial charge in [-0.1, -0.05) is 67.6 Å². The molecule has 178 valence electrons. The minimum Gasteiger partial charge on any atom is -0.343 e. The number of amides is 2. The average molecular weight is 464 g/mol. The molecule has 34 heavy (non-hydrogen) atoms. The summed E-state index contributed by atoms with van der Waals surface area (Å²) in [5.74, 6) is -0.307. The highest BCUT2D eigenvalue weighted by Gasteiger charge is 2.40. The lowest BCUT2D eigenvalue weighted by Crippen LogP contribution is -2.47. The van der Waals surface area contributed by atoms with E-state index in [-0.39, 0.29) is 31.2 Å². The van der Waals surface area contributed by atoms with E-state index in [2.05, 4.69) is 53.6 Å². The predicted octanol–water partition coefficient (Wildman–Crippen LogP) is 3.62. The number of rotatable bonds is 7. The van der Waals surface area contributed by atoms with E-state index >= 15 is 0 Å². The van der Waals surface area contributed by atoms with E-state index in [1.807, 2.05) is 36.4 Å². The van der Waals surface area contributed by atoms with Crippen molar-refractivity contribution in [1.82, 2.24) is 25.6 Å². The topological polar surface area (TPSA) is 91.0 Å². The van der Waals surface area contributed by atoms with Crippen molar-refractivity contribution in [3.63, 3.8) is 0 Å². The van der Waals surface area contributed by atoms with Crippen LogP contribution in [0.1, 0.15) is 60.2 Å². The highest BCUT2D eigenvalue weighted by atomic mass is 19.1. The van der Waals surface area contributed by atoms with Crippen LogP contribution in [0.2, 0.25) is 0 Å². The van der Waals surface area contributed by atoms with E-state index in [0.29, 0.717) is 11.6 Å². The molecule has 1 saturated heterocycles. The molecule has 0 radical (unpaired) electrons. The van der Waals surface area contributed by atoms with E-state index in [4.69, 9.17) is 0 Å². The zero-order valence-corrected chi connectivity index (χ0v) is 19.7. The van der Waals surface area contributed by atoms with Gasteiger partial charge in [-0.05, 0) is 35.1 Å². The van der Waals surface area contributed by atoms with Crippen molar-refractivity contribution in [2.75, 3.05) is 6.54 Å². The van der Waals surface area contributed by atoms with Gasteiger partial charge >= 0.3 is 0 Å². The first-order valence-electron chi connectivity index (χ1n) is 11.6. The van der Waals surface area contributed by atoms with Crippen molar-refractivity contribution in [3.8, 4) is 0 Å². The molecule has 2 amide bonds. The Morgan fingerprint density at radius 1 is 1.18 bits per heavy atom. The number of carbonyl (C=O) groups is 2. The maximum absolute atomic E-state index is 14.4. The van der Waals surface area contributed by atoms with E-state index < -0.39 is 18.3 Å². The van der Waals surface area contributed by atoms with Crippen LogP contribution in [0.4, 0.5) is 4.39 Å². The Hall–Kier alpha value is -3.55.